The maximum absolute atomic E-state index is 11.4. The molecule has 1 saturated heterocycles. The smallest absolute Gasteiger partial charge is 0.219 e. The highest BCUT2D eigenvalue weighted by molar-refractivity contribution is 5.73. The van der Waals surface area contributed by atoms with Gasteiger partial charge in [0.25, 0.3) is 0 Å². The fourth-order valence-corrected chi connectivity index (χ4v) is 2.50. The van der Waals surface area contributed by atoms with Crippen LogP contribution >= 0.6 is 0 Å². The van der Waals surface area contributed by atoms with Crippen molar-refractivity contribution in [3.05, 3.63) is 11.9 Å². The Labute approximate surface area is 126 Å². The van der Waals surface area contributed by atoms with Crippen LogP contribution in [0.4, 0.5) is 11.6 Å². The van der Waals surface area contributed by atoms with Gasteiger partial charge in [-0.15, -0.1) is 0 Å². The van der Waals surface area contributed by atoms with E-state index in [4.69, 9.17) is 0 Å². The lowest BCUT2D eigenvalue weighted by Crippen LogP contribution is -2.48. The van der Waals surface area contributed by atoms with Gasteiger partial charge in [-0.2, -0.15) is 0 Å². The van der Waals surface area contributed by atoms with Gasteiger partial charge in [0.05, 0.1) is 0 Å². The average molecular weight is 291 g/mol. The molecule has 2 heterocycles. The molecule has 0 radical (unpaired) electrons. The van der Waals surface area contributed by atoms with Crippen LogP contribution in [0.5, 0.6) is 0 Å². The number of hydrogen-bond acceptors (Lipinski definition) is 5. The summed E-state index contributed by atoms with van der Waals surface area (Å²) in [6.45, 7) is 9.85. The van der Waals surface area contributed by atoms with Crippen molar-refractivity contribution < 1.29 is 4.79 Å². The Hall–Kier alpha value is -1.85. The molecule has 2 rings (SSSR count). The van der Waals surface area contributed by atoms with E-state index in [-0.39, 0.29) is 5.91 Å². The van der Waals surface area contributed by atoms with Gasteiger partial charge in [-0.3, -0.25) is 4.79 Å². The molecule has 1 aromatic heterocycles. The molecular formula is C15H25N5O. The third kappa shape index (κ3) is 4.06. The molecule has 0 atom stereocenters. The van der Waals surface area contributed by atoms with Crippen LogP contribution in [0.1, 0.15) is 33.0 Å². The van der Waals surface area contributed by atoms with E-state index in [9.17, 15) is 4.79 Å². The largest absolute Gasteiger partial charge is 0.370 e. The second-order valence-electron chi connectivity index (χ2n) is 5.30. The summed E-state index contributed by atoms with van der Waals surface area (Å²) in [7, 11) is 0. The summed E-state index contributed by atoms with van der Waals surface area (Å²) in [5.74, 6) is 2.89. The van der Waals surface area contributed by atoms with E-state index < -0.39 is 0 Å². The second kappa shape index (κ2) is 7.24. The molecule has 1 N–H and O–H groups in total. The first kappa shape index (κ1) is 15.5. The lowest BCUT2D eigenvalue weighted by atomic mass is 10.3. The predicted octanol–water partition coefficient (Wildman–Crippen LogP) is 1.53. The minimum atomic E-state index is 0.150. The molecule has 116 valence electrons. The van der Waals surface area contributed by atoms with Gasteiger partial charge >= 0.3 is 0 Å². The summed E-state index contributed by atoms with van der Waals surface area (Å²) in [6, 6.07) is 2.01. The Bertz CT molecular complexity index is 459. The Morgan fingerprint density at radius 2 is 1.95 bits per heavy atom. The molecule has 0 unspecified atom stereocenters. The normalized spacial score (nSPS) is 15.2. The molecule has 1 aliphatic rings. The summed E-state index contributed by atoms with van der Waals surface area (Å²) in [6.07, 6.45) is 1.92. The molecule has 1 fully saturated rings. The van der Waals surface area contributed by atoms with Crippen molar-refractivity contribution in [3.8, 4) is 0 Å². The topological polar surface area (TPSA) is 61.4 Å². The number of piperazine rings is 1. The molecule has 0 aromatic carbocycles. The Morgan fingerprint density at radius 3 is 2.52 bits per heavy atom. The Kier molecular flexibility index (Phi) is 5.36. The van der Waals surface area contributed by atoms with Crippen LogP contribution in [-0.4, -0.2) is 53.5 Å². The number of hydrogen-bond donors (Lipinski definition) is 1. The van der Waals surface area contributed by atoms with E-state index in [1.165, 1.54) is 0 Å². The fourth-order valence-electron chi connectivity index (χ4n) is 2.50. The maximum Gasteiger partial charge on any atom is 0.219 e. The van der Waals surface area contributed by atoms with Gasteiger partial charge in [0, 0.05) is 52.1 Å². The van der Waals surface area contributed by atoms with Crippen molar-refractivity contribution in [2.75, 3.05) is 42.9 Å². The molecule has 1 aromatic rings. The van der Waals surface area contributed by atoms with Crippen LogP contribution in [0.15, 0.2) is 6.07 Å². The van der Waals surface area contributed by atoms with Gasteiger partial charge < -0.3 is 15.1 Å². The van der Waals surface area contributed by atoms with Gasteiger partial charge in [-0.25, -0.2) is 9.97 Å². The van der Waals surface area contributed by atoms with Gasteiger partial charge in [0.2, 0.25) is 5.91 Å². The Balaban J connectivity index is 2.13. The fraction of sp³-hybridized carbons (Fsp3) is 0.667. The van der Waals surface area contributed by atoms with E-state index in [0.29, 0.717) is 0 Å². The number of carbonyl (C=O) groups is 1. The number of aromatic nitrogens is 2. The monoisotopic (exact) mass is 291 g/mol. The van der Waals surface area contributed by atoms with Crippen molar-refractivity contribution in [2.24, 2.45) is 0 Å². The second-order valence-corrected chi connectivity index (χ2v) is 5.30. The van der Waals surface area contributed by atoms with Gasteiger partial charge in [0.15, 0.2) is 0 Å². The molecule has 21 heavy (non-hydrogen) atoms. The van der Waals surface area contributed by atoms with Crippen LogP contribution in [-0.2, 0) is 11.2 Å². The quantitative estimate of drug-likeness (QED) is 0.891. The van der Waals surface area contributed by atoms with Crippen molar-refractivity contribution in [3.63, 3.8) is 0 Å². The zero-order chi connectivity index (χ0) is 15.2. The average Bonchev–Trinajstić information content (AvgIpc) is 2.48. The first-order valence-electron chi connectivity index (χ1n) is 7.76. The number of anilines is 2. The van der Waals surface area contributed by atoms with Crippen molar-refractivity contribution in [1.82, 2.24) is 14.9 Å². The van der Waals surface area contributed by atoms with Gasteiger partial charge in [-0.1, -0.05) is 6.92 Å². The number of rotatable bonds is 5. The molecule has 0 saturated carbocycles. The van der Waals surface area contributed by atoms with Gasteiger partial charge in [0.1, 0.15) is 17.5 Å². The highest BCUT2D eigenvalue weighted by Crippen LogP contribution is 2.18. The minimum Gasteiger partial charge on any atom is -0.370 e. The van der Waals surface area contributed by atoms with Crippen LogP contribution in [0.25, 0.3) is 0 Å². The summed E-state index contributed by atoms with van der Waals surface area (Å²) < 4.78 is 0. The lowest BCUT2D eigenvalue weighted by Gasteiger charge is -2.35. The van der Waals surface area contributed by atoms with E-state index in [2.05, 4.69) is 34.0 Å². The molecule has 1 amide bonds. The summed E-state index contributed by atoms with van der Waals surface area (Å²) >= 11 is 0. The number of nitrogens with zero attached hydrogens (tertiary/aromatic N) is 4. The number of nitrogens with one attached hydrogen (secondary N) is 1. The van der Waals surface area contributed by atoms with Crippen LogP contribution in [0.2, 0.25) is 0 Å². The van der Waals surface area contributed by atoms with Gasteiger partial charge in [-0.05, 0) is 13.3 Å². The van der Waals surface area contributed by atoms with Crippen molar-refractivity contribution >= 4 is 17.5 Å². The van der Waals surface area contributed by atoms with Crippen molar-refractivity contribution in [1.29, 1.82) is 0 Å². The maximum atomic E-state index is 11.4. The minimum absolute atomic E-state index is 0.150. The molecule has 1 aliphatic heterocycles. The number of amides is 1. The first-order chi connectivity index (χ1) is 10.1. The third-order valence-electron chi connectivity index (χ3n) is 3.64. The highest BCUT2D eigenvalue weighted by atomic mass is 16.2. The molecule has 0 aliphatic carbocycles. The molecule has 0 bridgehead atoms. The standard InChI is InChI=1S/C15H25N5O/c1-4-6-13-17-14(16-5-2)11-15(18-13)20-9-7-19(8-10-20)12(3)21/h11H,4-10H2,1-3H3,(H,16,17,18). The Morgan fingerprint density at radius 1 is 1.24 bits per heavy atom. The molecule has 6 nitrogen and oxygen atoms in total. The highest BCUT2D eigenvalue weighted by Gasteiger charge is 2.20. The summed E-state index contributed by atoms with van der Waals surface area (Å²) in [5, 5.41) is 3.27. The number of carbonyl (C=O) groups excluding carboxylic acids is 1. The summed E-state index contributed by atoms with van der Waals surface area (Å²) in [5.41, 5.74) is 0. The lowest BCUT2D eigenvalue weighted by molar-refractivity contribution is -0.129. The van der Waals surface area contributed by atoms with E-state index in [0.717, 1.165) is 63.0 Å². The zero-order valence-electron chi connectivity index (χ0n) is 13.2. The predicted molar refractivity (Wildman–Crippen MR) is 84.7 cm³/mol. The SMILES string of the molecule is CCCc1nc(NCC)cc(N2CCN(C(C)=O)CC2)n1. The summed E-state index contributed by atoms with van der Waals surface area (Å²) in [4.78, 5) is 24.7. The van der Waals surface area contributed by atoms with E-state index in [1.54, 1.807) is 6.92 Å². The zero-order valence-corrected chi connectivity index (χ0v) is 13.2. The third-order valence-corrected chi connectivity index (χ3v) is 3.64. The van der Waals surface area contributed by atoms with E-state index >= 15 is 0 Å². The first-order valence-corrected chi connectivity index (χ1v) is 7.76. The van der Waals surface area contributed by atoms with Crippen molar-refractivity contribution in [2.45, 2.75) is 33.6 Å². The van der Waals surface area contributed by atoms with Crippen LogP contribution in [0, 0.1) is 0 Å². The van der Waals surface area contributed by atoms with Crippen LogP contribution in [0.3, 0.4) is 0 Å². The van der Waals surface area contributed by atoms with Crippen LogP contribution < -0.4 is 10.2 Å². The molecule has 6 heteroatoms. The number of aryl methyl sites for hydroxylation is 1. The van der Waals surface area contributed by atoms with E-state index in [1.807, 2.05) is 11.0 Å². The molecular weight excluding hydrogens is 266 g/mol. The molecule has 0 spiro atoms.